The van der Waals surface area contributed by atoms with E-state index in [4.69, 9.17) is 28.1 Å². The van der Waals surface area contributed by atoms with Crippen LogP contribution in [0.2, 0.25) is 0 Å². The summed E-state index contributed by atoms with van der Waals surface area (Å²) in [4.78, 5) is 67.9. The van der Waals surface area contributed by atoms with E-state index in [1.54, 1.807) is 68.4 Å². The maximum absolute atomic E-state index is 14.6. The summed E-state index contributed by atoms with van der Waals surface area (Å²) in [5.74, 6) is -2.58. The van der Waals surface area contributed by atoms with Crippen molar-refractivity contribution in [2.24, 2.45) is 21.7 Å². The molecule has 48 heavy (non-hydrogen) atoms. The van der Waals surface area contributed by atoms with Gasteiger partial charge in [0, 0.05) is 27.8 Å². The first kappa shape index (κ1) is 32.6. The average Bonchev–Trinajstić information content (AvgIpc) is 3.46. The summed E-state index contributed by atoms with van der Waals surface area (Å²) < 4.78 is 36.6. The molecule has 1 N–H and O–H groups in total. The van der Waals surface area contributed by atoms with Gasteiger partial charge in [-0.25, -0.2) is 14.4 Å². The van der Waals surface area contributed by atoms with Crippen molar-refractivity contribution in [3.8, 4) is 5.75 Å². The summed E-state index contributed by atoms with van der Waals surface area (Å²) in [6.07, 6.45) is -1.60. The summed E-state index contributed by atoms with van der Waals surface area (Å²) in [6.45, 7) is 15.2. The third kappa shape index (κ3) is 3.57. The molecule has 4 fully saturated rings. The van der Waals surface area contributed by atoms with Crippen LogP contribution in [0.4, 0.5) is 0 Å². The highest BCUT2D eigenvalue weighted by molar-refractivity contribution is 5.95. The Kier molecular flexibility index (Phi) is 6.38. The molecular weight excluding hydrogens is 624 g/mol. The van der Waals surface area contributed by atoms with E-state index in [0.29, 0.717) is 29.4 Å². The lowest BCUT2D eigenvalue weighted by molar-refractivity contribution is -0.217. The minimum atomic E-state index is -1.65. The first-order chi connectivity index (χ1) is 22.1. The fourth-order valence-electron chi connectivity index (χ4n) is 9.00. The van der Waals surface area contributed by atoms with E-state index in [9.17, 15) is 29.1 Å². The lowest BCUT2D eigenvalue weighted by Crippen LogP contribution is -2.58. The monoisotopic (exact) mass is 666 g/mol. The number of aliphatic hydroxyl groups is 1. The Labute approximate surface area is 277 Å². The van der Waals surface area contributed by atoms with Gasteiger partial charge in [-0.05, 0) is 71.9 Å². The van der Waals surface area contributed by atoms with Crippen LogP contribution in [-0.4, -0.2) is 51.9 Å². The average molecular weight is 667 g/mol. The molecule has 12 nitrogen and oxygen atoms in total. The number of hydrogen-bond acceptors (Lipinski definition) is 12. The van der Waals surface area contributed by atoms with Crippen LogP contribution in [0, 0.1) is 28.6 Å². The predicted molar refractivity (Wildman–Crippen MR) is 166 cm³/mol. The lowest BCUT2D eigenvalue weighted by atomic mass is 9.66. The zero-order chi connectivity index (χ0) is 35.2. The Morgan fingerprint density at radius 1 is 0.792 bits per heavy atom. The largest absolute Gasteiger partial charge is 0.483 e. The Morgan fingerprint density at radius 3 is 1.77 bits per heavy atom. The second-order valence-electron chi connectivity index (χ2n) is 16.3. The Morgan fingerprint density at radius 2 is 1.31 bits per heavy atom. The van der Waals surface area contributed by atoms with Gasteiger partial charge in [-0.1, -0.05) is 27.7 Å². The number of benzene rings is 1. The predicted octanol–water partition coefficient (Wildman–Crippen LogP) is 4.50. The summed E-state index contributed by atoms with van der Waals surface area (Å²) in [5, 5.41) is 10.9. The topological polar surface area (TPSA) is 165 Å². The molecule has 1 aromatic carbocycles. The van der Waals surface area contributed by atoms with Gasteiger partial charge in [0.25, 0.3) is 0 Å². The molecule has 2 saturated heterocycles. The van der Waals surface area contributed by atoms with Gasteiger partial charge in [0.15, 0.2) is 12.2 Å². The molecule has 5 aliphatic rings. The van der Waals surface area contributed by atoms with Crippen molar-refractivity contribution in [2.45, 2.75) is 124 Å². The van der Waals surface area contributed by atoms with Crippen molar-refractivity contribution >= 4 is 34.8 Å². The van der Waals surface area contributed by atoms with E-state index in [2.05, 4.69) is 0 Å². The van der Waals surface area contributed by atoms with Gasteiger partial charge in [-0.15, -0.1) is 0 Å². The molecule has 7 rings (SSSR count). The smallest absolute Gasteiger partial charge is 0.351 e. The highest BCUT2D eigenvalue weighted by atomic mass is 16.7. The van der Waals surface area contributed by atoms with Crippen molar-refractivity contribution in [3.63, 3.8) is 0 Å². The standard InChI is InChI=1S/C36H42O12/c1-17-14-20(38)43-23-19(17)15-18(16-37)22-21(23)24(44-28(41)35-12-10-33(8,26(39)47-35)31(35,4)5)25(30(2,3)46-22)45-29(42)36-13-11-34(9,27(40)48-36)32(36,6)7/h14-15,24-25,37H,10-13,16H2,1-9H3/t24-,25-,33?,34?,35?,36?/m1/s1. The molecule has 4 heterocycles. The van der Waals surface area contributed by atoms with Crippen molar-refractivity contribution in [1.82, 2.24) is 0 Å². The summed E-state index contributed by atoms with van der Waals surface area (Å²) >= 11 is 0. The van der Waals surface area contributed by atoms with E-state index in [-0.39, 0.29) is 29.7 Å². The minimum absolute atomic E-state index is 0.0252. The van der Waals surface area contributed by atoms with Crippen molar-refractivity contribution in [3.05, 3.63) is 39.2 Å². The number of aryl methyl sites for hydroxylation is 1. The molecule has 2 saturated carbocycles. The van der Waals surface area contributed by atoms with Crippen LogP contribution in [0.1, 0.15) is 104 Å². The van der Waals surface area contributed by atoms with Gasteiger partial charge >= 0.3 is 29.5 Å². The van der Waals surface area contributed by atoms with Crippen molar-refractivity contribution < 1.29 is 52.4 Å². The minimum Gasteiger partial charge on any atom is -0.483 e. The molecule has 6 atom stereocenters. The van der Waals surface area contributed by atoms with Gasteiger partial charge in [0.1, 0.15) is 16.9 Å². The maximum Gasteiger partial charge on any atom is 0.351 e. The number of carbonyl (C=O) groups excluding carboxylic acids is 4. The second kappa shape index (κ2) is 9.40. The molecule has 0 radical (unpaired) electrons. The van der Waals surface area contributed by atoms with Crippen LogP contribution in [0.3, 0.4) is 0 Å². The van der Waals surface area contributed by atoms with E-state index in [0.717, 1.165) is 0 Å². The molecule has 12 heteroatoms. The van der Waals surface area contributed by atoms with Crippen LogP contribution < -0.4 is 10.4 Å². The highest BCUT2D eigenvalue weighted by Gasteiger charge is 2.78. The molecule has 3 aliphatic heterocycles. The van der Waals surface area contributed by atoms with Crippen LogP contribution >= 0.6 is 0 Å². The van der Waals surface area contributed by atoms with Gasteiger partial charge in [0.2, 0.25) is 11.2 Å². The number of ether oxygens (including phenoxy) is 5. The maximum atomic E-state index is 14.6. The van der Waals surface area contributed by atoms with Gasteiger partial charge in [-0.3, -0.25) is 9.59 Å². The first-order valence-corrected chi connectivity index (χ1v) is 16.4. The van der Waals surface area contributed by atoms with Gasteiger partial charge in [0.05, 0.1) is 23.0 Å². The van der Waals surface area contributed by atoms with E-state index < -0.39 is 86.8 Å². The summed E-state index contributed by atoms with van der Waals surface area (Å²) in [6, 6.07) is 2.93. The quantitative estimate of drug-likeness (QED) is 0.270. The number of carbonyl (C=O) groups is 4. The molecule has 2 aliphatic carbocycles. The van der Waals surface area contributed by atoms with E-state index in [1.165, 1.54) is 6.07 Å². The highest BCUT2D eigenvalue weighted by Crippen LogP contribution is 2.67. The third-order valence-electron chi connectivity index (χ3n) is 13.4. The Hall–Kier alpha value is -3.93. The number of hydrogen-bond donors (Lipinski definition) is 1. The fraction of sp³-hybridized carbons (Fsp3) is 0.639. The van der Waals surface area contributed by atoms with Crippen LogP contribution in [0.15, 0.2) is 21.3 Å². The summed E-state index contributed by atoms with van der Waals surface area (Å²) in [5.41, 5.74) is -8.14. The number of rotatable bonds is 5. The fourth-order valence-corrected chi connectivity index (χ4v) is 9.00. The van der Waals surface area contributed by atoms with Gasteiger partial charge in [-0.2, -0.15) is 0 Å². The van der Waals surface area contributed by atoms with Crippen molar-refractivity contribution in [1.29, 1.82) is 0 Å². The molecular formula is C36H42O12. The van der Waals surface area contributed by atoms with Crippen molar-refractivity contribution in [2.75, 3.05) is 0 Å². The zero-order valence-electron chi connectivity index (χ0n) is 28.8. The molecule has 1 aromatic heterocycles. The Bertz CT molecular complexity index is 1900. The normalized spacial score (nSPS) is 36.3. The van der Waals surface area contributed by atoms with Gasteiger partial charge < -0.3 is 33.2 Å². The Balaban J connectivity index is 1.41. The number of fused-ring (bicyclic) bond motifs is 7. The lowest BCUT2D eigenvalue weighted by Gasteiger charge is -2.46. The van der Waals surface area contributed by atoms with Crippen LogP contribution in [0.25, 0.3) is 11.0 Å². The number of esters is 4. The van der Waals surface area contributed by atoms with Crippen LogP contribution in [0.5, 0.6) is 5.75 Å². The van der Waals surface area contributed by atoms with E-state index in [1.807, 2.05) is 0 Å². The molecule has 2 aromatic rings. The summed E-state index contributed by atoms with van der Waals surface area (Å²) in [7, 11) is 0. The molecule has 4 unspecified atom stereocenters. The third-order valence-corrected chi connectivity index (χ3v) is 13.4. The van der Waals surface area contributed by atoms with E-state index >= 15 is 0 Å². The molecule has 4 bridgehead atoms. The van der Waals surface area contributed by atoms with Crippen LogP contribution in [-0.2, 0) is 44.7 Å². The molecule has 0 amide bonds. The molecule has 258 valence electrons. The SMILES string of the molecule is Cc1cc(=O)oc2c3c(c(CO)cc12)OC(C)(C)[C@H](OC(=O)C12CCC(C)(C(=O)O1)C2(C)C)[C@@H]3OC(=O)C12CCC(C)(C(=O)O1)C2(C)C. The first-order valence-electron chi connectivity index (χ1n) is 16.4. The second-order valence-corrected chi connectivity index (χ2v) is 16.3. The zero-order valence-corrected chi connectivity index (χ0v) is 28.8. The number of aliphatic hydroxyl groups excluding tert-OH is 1. The molecule has 0 spiro atoms.